The second kappa shape index (κ2) is 12.2. The van der Waals surface area contributed by atoms with Gasteiger partial charge in [0.2, 0.25) is 12.7 Å². The van der Waals surface area contributed by atoms with Crippen molar-refractivity contribution in [2.24, 2.45) is 48.6 Å². The van der Waals surface area contributed by atoms with Gasteiger partial charge in [-0.25, -0.2) is 9.13 Å². The number of hydrogen-bond acceptors (Lipinski definition) is 8. The third-order valence-electron chi connectivity index (χ3n) is 6.23. The molecule has 0 radical (unpaired) electrons. The number of anilines is 2. The quantitative estimate of drug-likeness (QED) is 0.221. The zero-order chi connectivity index (χ0) is 25.1. The molecule has 2 aromatic heterocycles. The van der Waals surface area contributed by atoms with Gasteiger partial charge in [-0.15, -0.1) is 9.36 Å². The van der Waals surface area contributed by atoms with Crippen LogP contribution in [-0.4, -0.2) is 45.7 Å². The zero-order valence-corrected chi connectivity index (χ0v) is 23.0. The topological polar surface area (TPSA) is 99.3 Å². The number of aryl methyl sites for hydroxylation is 4. The summed E-state index contributed by atoms with van der Waals surface area (Å²) in [6, 6.07) is 16.4. The number of azo groups is 2. The second-order valence-electron chi connectivity index (χ2n) is 8.74. The predicted molar refractivity (Wildman–Crippen MR) is 147 cm³/mol. The molecular formula is C26H36N12. The number of rotatable bonds is 6. The van der Waals surface area contributed by atoms with Crippen molar-refractivity contribution in [2.75, 3.05) is 36.0 Å². The predicted octanol–water partition coefficient (Wildman–Crippen LogP) is 3.86. The first-order valence-electron chi connectivity index (χ1n) is 11.8. The van der Waals surface area contributed by atoms with E-state index in [2.05, 4.69) is 64.7 Å². The van der Waals surface area contributed by atoms with E-state index in [1.807, 2.05) is 61.6 Å². The van der Waals surface area contributed by atoms with Gasteiger partial charge in [-0.2, -0.15) is 0 Å². The van der Waals surface area contributed by atoms with Crippen LogP contribution in [-0.2, 0) is 28.2 Å². The summed E-state index contributed by atoms with van der Waals surface area (Å²) in [5.74, 6) is 1.38. The Labute approximate surface area is 224 Å². The SMILES string of the molecule is Cn1nc[n+](C)c1N=Nc1ccc(N2CCN(c3ccc(N=Nc4n(C)nc[n+]4C)cc3)CC2)cc1.[CH3-].[CH3-]. The summed E-state index contributed by atoms with van der Waals surface area (Å²) in [6.07, 6.45) is 3.42. The maximum atomic E-state index is 4.35. The van der Waals surface area contributed by atoms with E-state index in [1.54, 1.807) is 22.0 Å². The monoisotopic (exact) mass is 516 g/mol. The molecule has 0 saturated carbocycles. The van der Waals surface area contributed by atoms with E-state index in [4.69, 9.17) is 0 Å². The van der Waals surface area contributed by atoms with Gasteiger partial charge in [0.15, 0.2) is 0 Å². The number of benzene rings is 2. The maximum absolute atomic E-state index is 4.35. The summed E-state index contributed by atoms with van der Waals surface area (Å²) >= 11 is 0. The van der Waals surface area contributed by atoms with E-state index in [1.165, 1.54) is 11.4 Å². The van der Waals surface area contributed by atoms with E-state index in [9.17, 15) is 0 Å². The Hall–Kier alpha value is -4.48. The van der Waals surface area contributed by atoms with Gasteiger partial charge < -0.3 is 24.7 Å². The van der Waals surface area contributed by atoms with Crippen LogP contribution >= 0.6 is 0 Å². The number of piperazine rings is 1. The summed E-state index contributed by atoms with van der Waals surface area (Å²) in [5, 5.41) is 25.6. The van der Waals surface area contributed by atoms with Crippen molar-refractivity contribution in [3.8, 4) is 0 Å². The normalized spacial score (nSPS) is 13.7. The van der Waals surface area contributed by atoms with E-state index < -0.39 is 0 Å². The van der Waals surface area contributed by atoms with E-state index in [0.717, 1.165) is 37.6 Å². The lowest BCUT2D eigenvalue weighted by atomic mass is 10.2. The molecule has 5 rings (SSSR count). The summed E-state index contributed by atoms with van der Waals surface area (Å²) in [7, 11) is 7.49. The van der Waals surface area contributed by atoms with Crippen molar-refractivity contribution in [1.29, 1.82) is 0 Å². The molecule has 0 amide bonds. The fourth-order valence-corrected chi connectivity index (χ4v) is 4.13. The minimum atomic E-state index is 0. The average Bonchev–Trinajstić information content (AvgIpc) is 3.41. The van der Waals surface area contributed by atoms with Crippen LogP contribution in [0, 0.1) is 14.9 Å². The van der Waals surface area contributed by atoms with Gasteiger partial charge in [-0.05, 0) is 58.7 Å². The molecule has 0 spiro atoms. The van der Waals surface area contributed by atoms with Crippen LogP contribution in [0.1, 0.15) is 0 Å². The molecule has 38 heavy (non-hydrogen) atoms. The van der Waals surface area contributed by atoms with Crippen LogP contribution in [0.25, 0.3) is 0 Å². The molecule has 0 aliphatic carbocycles. The van der Waals surface area contributed by atoms with Crippen molar-refractivity contribution < 1.29 is 9.13 Å². The van der Waals surface area contributed by atoms with E-state index >= 15 is 0 Å². The van der Waals surface area contributed by atoms with Crippen LogP contribution in [0.4, 0.5) is 34.6 Å². The lowest BCUT2D eigenvalue weighted by Gasteiger charge is -2.37. The van der Waals surface area contributed by atoms with Crippen LogP contribution < -0.4 is 18.9 Å². The maximum Gasteiger partial charge on any atom is 0.403 e. The molecule has 1 fully saturated rings. The lowest BCUT2D eigenvalue weighted by Crippen LogP contribution is -2.46. The van der Waals surface area contributed by atoms with Crippen molar-refractivity contribution >= 4 is 34.6 Å². The fourth-order valence-electron chi connectivity index (χ4n) is 4.13. The lowest BCUT2D eigenvalue weighted by molar-refractivity contribution is -0.659. The summed E-state index contributed by atoms with van der Waals surface area (Å²) in [4.78, 5) is 4.80. The van der Waals surface area contributed by atoms with Gasteiger partial charge in [0, 0.05) is 47.8 Å². The van der Waals surface area contributed by atoms with Crippen LogP contribution in [0.15, 0.2) is 81.6 Å². The first kappa shape index (κ1) is 28.1. The van der Waals surface area contributed by atoms with Gasteiger partial charge >= 0.3 is 11.9 Å². The molecule has 0 bridgehead atoms. The minimum absolute atomic E-state index is 0. The molecular weight excluding hydrogens is 480 g/mol. The molecule has 12 nitrogen and oxygen atoms in total. The summed E-state index contributed by atoms with van der Waals surface area (Å²) in [5.41, 5.74) is 4.01. The third kappa shape index (κ3) is 6.07. The Morgan fingerprint density at radius 1 is 0.579 bits per heavy atom. The highest BCUT2D eigenvalue weighted by molar-refractivity contribution is 5.56. The third-order valence-corrected chi connectivity index (χ3v) is 6.23. The molecule has 0 unspecified atom stereocenters. The molecule has 2 aromatic carbocycles. The second-order valence-corrected chi connectivity index (χ2v) is 8.74. The van der Waals surface area contributed by atoms with Gasteiger partial charge in [0.25, 0.3) is 0 Å². The molecule has 1 aliphatic rings. The Bertz CT molecular complexity index is 1230. The van der Waals surface area contributed by atoms with E-state index in [0.29, 0.717) is 11.9 Å². The van der Waals surface area contributed by atoms with Crippen LogP contribution in [0.2, 0.25) is 0 Å². The molecule has 4 aromatic rings. The fraction of sp³-hybridized carbons (Fsp3) is 0.308. The molecule has 1 saturated heterocycles. The standard InChI is InChI=1S/C24H30N12.2CH3/c1-31-17-25-33(3)23(31)29-27-19-5-9-21(10-6-19)35-13-15-36(16-14-35)22-11-7-20(8-12-22)28-30-24-32(2)18-26-34(24)4;;/h5-12,17-18H,13-16H2,1-4H3;2*1H3/q+2;2*-1. The van der Waals surface area contributed by atoms with Gasteiger partial charge in [-0.3, -0.25) is 0 Å². The average molecular weight is 517 g/mol. The van der Waals surface area contributed by atoms with Crippen molar-refractivity contribution in [3.63, 3.8) is 0 Å². The van der Waals surface area contributed by atoms with Crippen LogP contribution in [0.3, 0.4) is 0 Å². The van der Waals surface area contributed by atoms with Gasteiger partial charge in [0.1, 0.15) is 0 Å². The smallest absolute Gasteiger partial charge is 0.368 e. The molecule has 1 aliphatic heterocycles. The largest absolute Gasteiger partial charge is 0.403 e. The molecule has 12 heteroatoms. The van der Waals surface area contributed by atoms with Crippen LogP contribution in [0.5, 0.6) is 0 Å². The van der Waals surface area contributed by atoms with Crippen molar-refractivity contribution in [2.45, 2.75) is 0 Å². The highest BCUT2D eigenvalue weighted by Gasteiger charge is 2.18. The molecule has 0 atom stereocenters. The Balaban J connectivity index is 0.00000200. The Kier molecular flexibility index (Phi) is 9.00. The Morgan fingerprint density at radius 3 is 1.21 bits per heavy atom. The highest BCUT2D eigenvalue weighted by Crippen LogP contribution is 2.25. The summed E-state index contributed by atoms with van der Waals surface area (Å²) < 4.78 is 7.05. The van der Waals surface area contributed by atoms with Crippen molar-refractivity contribution in [3.05, 3.63) is 76.0 Å². The van der Waals surface area contributed by atoms with Gasteiger partial charge in [-0.1, -0.05) is 10.2 Å². The Morgan fingerprint density at radius 2 is 0.921 bits per heavy atom. The summed E-state index contributed by atoms with van der Waals surface area (Å²) in [6.45, 7) is 3.79. The first-order valence-corrected chi connectivity index (χ1v) is 11.8. The first-order chi connectivity index (χ1) is 17.5. The van der Waals surface area contributed by atoms with Gasteiger partial charge in [0.05, 0.1) is 39.6 Å². The number of hydrogen-bond donors (Lipinski definition) is 0. The molecule has 3 heterocycles. The number of nitrogens with zero attached hydrogens (tertiary/aromatic N) is 12. The minimum Gasteiger partial charge on any atom is -0.368 e. The number of aromatic nitrogens is 6. The van der Waals surface area contributed by atoms with Crippen molar-refractivity contribution in [1.82, 2.24) is 19.6 Å². The zero-order valence-electron chi connectivity index (χ0n) is 23.0. The molecule has 200 valence electrons. The van der Waals surface area contributed by atoms with E-state index in [-0.39, 0.29) is 14.9 Å². The molecule has 0 N–H and O–H groups in total. The highest BCUT2D eigenvalue weighted by atomic mass is 15.4.